The molecule has 1 atom stereocenters. The number of carbonyl (C=O) groups excluding carboxylic acids is 1. The Bertz CT molecular complexity index is 157. The second kappa shape index (κ2) is 4.42. The summed E-state index contributed by atoms with van der Waals surface area (Å²) in [5.41, 5.74) is 0. The van der Waals surface area contributed by atoms with E-state index in [0.717, 1.165) is 0 Å². The van der Waals surface area contributed by atoms with Crippen molar-refractivity contribution in [2.45, 2.75) is 31.8 Å². The van der Waals surface area contributed by atoms with E-state index in [1.165, 1.54) is 12.8 Å². The monoisotopic (exact) mass is 172 g/mol. The van der Waals surface area contributed by atoms with Crippen molar-refractivity contribution in [3.63, 3.8) is 0 Å². The van der Waals surface area contributed by atoms with Crippen LogP contribution in [0, 0.1) is 0 Å². The van der Waals surface area contributed by atoms with Gasteiger partial charge in [0.15, 0.2) is 0 Å². The van der Waals surface area contributed by atoms with Gasteiger partial charge in [-0.15, -0.1) is 0 Å². The minimum Gasteiger partial charge on any atom is -0.394 e. The fourth-order valence-electron chi connectivity index (χ4n) is 0.896. The van der Waals surface area contributed by atoms with Gasteiger partial charge >= 0.3 is 0 Å². The topological polar surface area (TPSA) is 61.4 Å². The van der Waals surface area contributed by atoms with E-state index in [-0.39, 0.29) is 18.6 Å². The molecule has 0 heterocycles. The average molecular weight is 172 g/mol. The minimum absolute atomic E-state index is 0.00479. The van der Waals surface area contributed by atoms with E-state index in [1.54, 1.807) is 6.92 Å². The Morgan fingerprint density at radius 2 is 2.33 bits per heavy atom. The van der Waals surface area contributed by atoms with E-state index in [1.807, 2.05) is 0 Å². The summed E-state index contributed by atoms with van der Waals surface area (Å²) < 4.78 is 0. The van der Waals surface area contributed by atoms with Gasteiger partial charge < -0.3 is 15.7 Å². The molecule has 1 amide bonds. The van der Waals surface area contributed by atoms with Crippen LogP contribution in [0.2, 0.25) is 0 Å². The molecular weight excluding hydrogens is 156 g/mol. The molecule has 4 nitrogen and oxygen atoms in total. The molecule has 0 saturated heterocycles. The molecule has 4 heteroatoms. The quantitative estimate of drug-likeness (QED) is 0.510. The highest BCUT2D eigenvalue weighted by Gasteiger charge is 2.21. The highest BCUT2D eigenvalue weighted by molar-refractivity contribution is 5.78. The fraction of sp³-hybridized carbons (Fsp3) is 0.875. The second-order valence-electron chi connectivity index (χ2n) is 3.31. The number of aliphatic hydroxyl groups is 1. The van der Waals surface area contributed by atoms with Gasteiger partial charge in [-0.1, -0.05) is 0 Å². The maximum Gasteiger partial charge on any atom is 0.234 e. The summed E-state index contributed by atoms with van der Waals surface area (Å²) in [5, 5.41) is 14.4. The number of rotatable bonds is 5. The first-order chi connectivity index (χ1) is 5.72. The van der Waals surface area contributed by atoms with Crippen LogP contribution in [0.3, 0.4) is 0 Å². The van der Waals surface area contributed by atoms with E-state index >= 15 is 0 Å². The van der Waals surface area contributed by atoms with Crippen LogP contribution in [0.15, 0.2) is 0 Å². The molecule has 3 N–H and O–H groups in total. The fourth-order valence-corrected chi connectivity index (χ4v) is 0.896. The Morgan fingerprint density at radius 1 is 1.67 bits per heavy atom. The third-order valence-electron chi connectivity index (χ3n) is 1.81. The first kappa shape index (κ1) is 9.48. The Morgan fingerprint density at radius 3 is 2.83 bits per heavy atom. The molecule has 1 rings (SSSR count). The molecule has 0 aromatic rings. The summed E-state index contributed by atoms with van der Waals surface area (Å²) in [7, 11) is 0. The Kier molecular flexibility index (Phi) is 3.49. The second-order valence-corrected chi connectivity index (χ2v) is 3.31. The maximum atomic E-state index is 11.1. The largest absolute Gasteiger partial charge is 0.394 e. The standard InChI is InChI=1S/C8H16N2O2/c1-6(5-11)10-8(12)4-9-7-2-3-7/h6-7,9,11H,2-5H2,1H3,(H,10,12). The van der Waals surface area contributed by atoms with E-state index in [0.29, 0.717) is 12.6 Å². The third kappa shape index (κ3) is 3.69. The van der Waals surface area contributed by atoms with Crippen LogP contribution in [0.1, 0.15) is 19.8 Å². The lowest BCUT2D eigenvalue weighted by Crippen LogP contribution is -2.41. The van der Waals surface area contributed by atoms with Crippen molar-refractivity contribution in [3.8, 4) is 0 Å². The smallest absolute Gasteiger partial charge is 0.234 e. The van der Waals surface area contributed by atoms with Crippen LogP contribution in [0.5, 0.6) is 0 Å². The van der Waals surface area contributed by atoms with Gasteiger partial charge in [-0.2, -0.15) is 0 Å². The summed E-state index contributed by atoms with van der Waals surface area (Å²) in [6.45, 7) is 2.14. The van der Waals surface area contributed by atoms with Gasteiger partial charge in [0.25, 0.3) is 0 Å². The molecule has 1 saturated carbocycles. The summed E-state index contributed by atoms with van der Waals surface area (Å²) >= 11 is 0. The van der Waals surface area contributed by atoms with Crippen LogP contribution < -0.4 is 10.6 Å². The van der Waals surface area contributed by atoms with Crippen LogP contribution in [0.4, 0.5) is 0 Å². The number of hydrogen-bond acceptors (Lipinski definition) is 3. The number of nitrogens with one attached hydrogen (secondary N) is 2. The van der Waals surface area contributed by atoms with Crippen LogP contribution in [0.25, 0.3) is 0 Å². The van der Waals surface area contributed by atoms with E-state index in [9.17, 15) is 4.79 Å². The van der Waals surface area contributed by atoms with Crippen LogP contribution in [-0.4, -0.2) is 36.2 Å². The van der Waals surface area contributed by atoms with Crippen molar-refractivity contribution in [1.29, 1.82) is 0 Å². The number of carbonyl (C=O) groups is 1. The summed E-state index contributed by atoms with van der Waals surface area (Å²) in [6, 6.07) is 0.415. The molecular formula is C8H16N2O2. The molecule has 0 aliphatic heterocycles. The summed E-state index contributed by atoms with van der Waals surface area (Å²) in [5.74, 6) is -0.0385. The van der Waals surface area contributed by atoms with Gasteiger partial charge in [-0.05, 0) is 19.8 Å². The predicted molar refractivity (Wildman–Crippen MR) is 45.7 cm³/mol. The predicted octanol–water partition coefficient (Wildman–Crippen LogP) is -0.765. The maximum absolute atomic E-state index is 11.1. The minimum atomic E-state index is -0.140. The van der Waals surface area contributed by atoms with Gasteiger partial charge in [0.1, 0.15) is 0 Å². The zero-order valence-corrected chi connectivity index (χ0v) is 7.34. The molecule has 1 unspecified atom stereocenters. The molecule has 70 valence electrons. The average Bonchev–Trinajstić information content (AvgIpc) is 2.83. The normalized spacial score (nSPS) is 18.8. The molecule has 0 aromatic carbocycles. The Hall–Kier alpha value is -0.610. The first-order valence-electron chi connectivity index (χ1n) is 4.36. The van der Waals surface area contributed by atoms with Gasteiger partial charge in [-0.3, -0.25) is 4.79 Å². The molecule has 1 aliphatic carbocycles. The lowest BCUT2D eigenvalue weighted by Gasteiger charge is -2.10. The van der Waals surface area contributed by atoms with Gasteiger partial charge in [-0.25, -0.2) is 0 Å². The first-order valence-corrected chi connectivity index (χ1v) is 4.36. The zero-order chi connectivity index (χ0) is 8.97. The van der Waals surface area contributed by atoms with Gasteiger partial charge in [0, 0.05) is 12.1 Å². The lowest BCUT2D eigenvalue weighted by atomic mass is 10.3. The molecule has 0 radical (unpaired) electrons. The highest BCUT2D eigenvalue weighted by atomic mass is 16.3. The molecule has 12 heavy (non-hydrogen) atoms. The SMILES string of the molecule is CC(CO)NC(=O)CNC1CC1. The van der Waals surface area contributed by atoms with Crippen molar-refractivity contribution in [1.82, 2.24) is 10.6 Å². The highest BCUT2D eigenvalue weighted by Crippen LogP contribution is 2.17. The van der Waals surface area contributed by atoms with E-state index in [2.05, 4.69) is 10.6 Å². The van der Waals surface area contributed by atoms with E-state index in [4.69, 9.17) is 5.11 Å². The number of hydrogen-bond donors (Lipinski definition) is 3. The van der Waals surface area contributed by atoms with Crippen molar-refractivity contribution < 1.29 is 9.90 Å². The van der Waals surface area contributed by atoms with Gasteiger partial charge in [0.05, 0.1) is 13.2 Å². The zero-order valence-electron chi connectivity index (χ0n) is 7.34. The molecule has 0 aromatic heterocycles. The lowest BCUT2D eigenvalue weighted by molar-refractivity contribution is -0.121. The molecule has 0 bridgehead atoms. The van der Waals surface area contributed by atoms with Crippen molar-refractivity contribution in [2.24, 2.45) is 0 Å². The third-order valence-corrected chi connectivity index (χ3v) is 1.81. The molecule has 1 aliphatic rings. The number of amides is 1. The Labute approximate surface area is 72.3 Å². The Balaban J connectivity index is 2.01. The molecule has 1 fully saturated rings. The van der Waals surface area contributed by atoms with Crippen molar-refractivity contribution >= 4 is 5.91 Å². The summed E-state index contributed by atoms with van der Waals surface area (Å²) in [6.07, 6.45) is 2.37. The van der Waals surface area contributed by atoms with Gasteiger partial charge in [0.2, 0.25) is 5.91 Å². The number of aliphatic hydroxyl groups excluding tert-OH is 1. The van der Waals surface area contributed by atoms with E-state index < -0.39 is 0 Å². The molecule has 0 spiro atoms. The summed E-state index contributed by atoms with van der Waals surface area (Å²) in [4.78, 5) is 11.1. The van der Waals surface area contributed by atoms with Crippen LogP contribution in [-0.2, 0) is 4.79 Å². The van der Waals surface area contributed by atoms with Crippen LogP contribution >= 0.6 is 0 Å². The van der Waals surface area contributed by atoms with Crippen molar-refractivity contribution in [2.75, 3.05) is 13.2 Å². The van der Waals surface area contributed by atoms with Crippen molar-refractivity contribution in [3.05, 3.63) is 0 Å².